The Labute approximate surface area is 691 Å². The van der Waals surface area contributed by atoms with Crippen molar-refractivity contribution in [2.75, 3.05) is 27.4 Å². The number of hydrogen-bond acceptors (Lipinski definition) is 5. The second-order valence-electron chi connectivity index (χ2n) is 31.9. The molecule has 5 nitrogen and oxygen atoms in total. The van der Waals surface area contributed by atoms with E-state index < -0.39 is 5.41 Å². The quantitative estimate of drug-likeness (QED) is 0.0329. The van der Waals surface area contributed by atoms with Gasteiger partial charge in [-0.25, -0.2) is 4.79 Å². The molecule has 1 aliphatic heterocycles. The van der Waals surface area contributed by atoms with Gasteiger partial charge in [-0.05, 0) is 144 Å². The predicted molar refractivity (Wildman–Crippen MR) is 452 cm³/mol. The fourth-order valence-corrected chi connectivity index (χ4v) is 12.3. The van der Waals surface area contributed by atoms with Gasteiger partial charge in [0.15, 0.2) is 0 Å². The molecular formula is C99H137Li3O5. The third-order valence-corrected chi connectivity index (χ3v) is 18.8. The molecule has 1 saturated heterocycles. The Kier molecular flexibility index (Phi) is 49.9. The molecule has 0 amide bonds. The number of carbonyl (C=O) groups is 2. The van der Waals surface area contributed by atoms with Crippen LogP contribution >= 0.6 is 0 Å². The van der Waals surface area contributed by atoms with Gasteiger partial charge in [0.2, 0.25) is 0 Å². The molecule has 1 aliphatic rings. The molecule has 2 atom stereocenters. The molecule has 1 fully saturated rings. The number of rotatable bonds is 20. The summed E-state index contributed by atoms with van der Waals surface area (Å²) in [4.78, 5) is 23.1. The fourth-order valence-electron chi connectivity index (χ4n) is 12.3. The van der Waals surface area contributed by atoms with Crippen molar-refractivity contribution in [3.63, 3.8) is 0 Å². The number of ether oxygens (including phenoxy) is 3. The minimum Gasteiger partial charge on any atom is -0.469 e. The van der Waals surface area contributed by atoms with Crippen molar-refractivity contribution in [3.05, 3.63) is 323 Å². The SMILES string of the molecule is C.C1CCOC1.C=C(C)C(=O)OC.C=Cc1ccc(C(C)(C)C)cc1.CCC(CC(CC(C)(C)C(=O)OC)(c1ccccc1)c1ccccc1)c1ccc(C(C)(C)C)cc1.CCC(C[C-](c1ccccc1)c1ccccc1)c1ccc(C(C)(C)C)cc1.CC[CH-]c1ccc(C(C)(C)C)cc1.[CH2-]CCC.[Li+].[Li+].[Li+]. The maximum Gasteiger partial charge on any atom is 1.00 e. The van der Waals surface area contributed by atoms with Crippen molar-refractivity contribution in [2.45, 2.75) is 242 Å². The van der Waals surface area contributed by atoms with E-state index >= 15 is 0 Å². The molecule has 9 rings (SSSR count). The fraction of sp³-hybridized carbons (Fsp3) is 0.424. The Morgan fingerprint density at radius 2 is 0.841 bits per heavy atom. The summed E-state index contributed by atoms with van der Waals surface area (Å²) < 4.78 is 14.5. The third kappa shape index (κ3) is 36.4. The Morgan fingerprint density at radius 3 is 1.11 bits per heavy atom. The summed E-state index contributed by atoms with van der Waals surface area (Å²) in [6.45, 7) is 54.1. The molecule has 1 heterocycles. The van der Waals surface area contributed by atoms with Crippen LogP contribution in [0.3, 0.4) is 0 Å². The standard InChI is InChI=1S/C33H42O2.C27H31.C13H19.C12H16.C5H8O2.C4H8O.C4H9.CH4.3Li/c1-8-25(26-19-21-27(22-20-26)31(2,3)4)23-33(28-15-11-9-12-16-28,29-17-13-10-14-18-29)24-32(5,6)30(34)35-7;1-5-21(22-16-18-25(19-17-22)27(2,3)4)20-26(23-12-8-6-9-13-23)24-14-10-7-11-15-24;1-5-6-11-7-9-12(10-8-11)13(2,3)4;1-5-10-6-8-11(9-7-10)12(2,3)4;1-4(2)5(6)7-3;1-2-4-5-3-1;1-3-4-2;;;;/h9-22,25H,8,23-24H2,1-7H3;6-19,21H,5,20H2,1-4H3;6-10H,5H2,1-4H3;5-9H,1H2,2-4H3;1H2,2-3H3;1-4H2;1,3-4H2,2H3;1H4;;;/q;2*-1;;;;-1;;3*+1. The molecule has 8 aromatic carbocycles. The van der Waals surface area contributed by atoms with Gasteiger partial charge in [0.05, 0.1) is 19.6 Å². The van der Waals surface area contributed by atoms with E-state index in [4.69, 9.17) is 9.47 Å². The van der Waals surface area contributed by atoms with Crippen LogP contribution in [-0.2, 0) is 50.9 Å². The zero-order valence-electron chi connectivity index (χ0n) is 70.7. The first kappa shape index (κ1) is 103. The molecule has 0 saturated carbocycles. The van der Waals surface area contributed by atoms with Crippen LogP contribution in [-0.4, -0.2) is 39.4 Å². The van der Waals surface area contributed by atoms with Gasteiger partial charge in [-0.2, -0.15) is 30.5 Å². The first-order chi connectivity index (χ1) is 48.7. The van der Waals surface area contributed by atoms with Gasteiger partial charge >= 0.3 is 68.5 Å². The Bertz CT molecular complexity index is 3520. The summed E-state index contributed by atoms with van der Waals surface area (Å²) in [5.74, 6) is 1.78. The van der Waals surface area contributed by atoms with E-state index in [1.165, 1.54) is 106 Å². The third-order valence-electron chi connectivity index (χ3n) is 18.8. The van der Waals surface area contributed by atoms with Crippen molar-refractivity contribution in [2.24, 2.45) is 5.41 Å². The molecule has 8 heteroatoms. The van der Waals surface area contributed by atoms with E-state index in [0.29, 0.717) is 23.8 Å². The molecule has 566 valence electrons. The normalized spacial score (nSPS) is 12.1. The number of hydrogen-bond donors (Lipinski definition) is 0. The molecule has 107 heavy (non-hydrogen) atoms. The van der Waals surface area contributed by atoms with Crippen LogP contribution < -0.4 is 56.6 Å². The number of carbonyl (C=O) groups excluding carboxylic acids is 2. The summed E-state index contributed by atoms with van der Waals surface area (Å²) in [5, 5.41) is 0. The average Bonchev–Trinajstić information content (AvgIpc) is 1.03. The molecule has 8 aromatic rings. The molecule has 0 bridgehead atoms. The summed E-state index contributed by atoms with van der Waals surface area (Å²) in [6.07, 6.45) is 14.8. The first-order valence-corrected chi connectivity index (χ1v) is 37.8. The smallest absolute Gasteiger partial charge is 0.469 e. The van der Waals surface area contributed by atoms with Gasteiger partial charge in [-0.15, -0.1) is 53.4 Å². The number of unbranched alkanes of at least 4 members (excludes halogenated alkanes) is 1. The van der Waals surface area contributed by atoms with Crippen molar-refractivity contribution < 1.29 is 80.4 Å². The van der Waals surface area contributed by atoms with Crippen LogP contribution in [0.1, 0.15) is 282 Å². The summed E-state index contributed by atoms with van der Waals surface area (Å²) in [5.41, 5.74) is 16.3. The molecular weight excluding hydrogens is 1290 g/mol. The van der Waals surface area contributed by atoms with Crippen LogP contribution in [0.2, 0.25) is 0 Å². The van der Waals surface area contributed by atoms with Crippen molar-refractivity contribution >= 4 is 18.0 Å². The van der Waals surface area contributed by atoms with Crippen LogP contribution in [0, 0.1) is 24.7 Å². The van der Waals surface area contributed by atoms with Gasteiger partial charge < -0.3 is 21.1 Å². The summed E-state index contributed by atoms with van der Waals surface area (Å²) in [6, 6.07) is 78.9. The molecule has 0 aliphatic carbocycles. The predicted octanol–water partition coefficient (Wildman–Crippen LogP) is 18.4. The van der Waals surface area contributed by atoms with E-state index in [1.54, 1.807) is 6.92 Å². The Hall–Kier alpha value is -6.33. The van der Waals surface area contributed by atoms with E-state index in [-0.39, 0.29) is 103 Å². The van der Waals surface area contributed by atoms with Gasteiger partial charge in [-0.1, -0.05) is 326 Å². The van der Waals surface area contributed by atoms with Crippen LogP contribution in [0.5, 0.6) is 0 Å². The monoisotopic (exact) mass is 1430 g/mol. The molecule has 0 radical (unpaired) electrons. The van der Waals surface area contributed by atoms with E-state index in [2.05, 4.69) is 360 Å². The zero-order valence-corrected chi connectivity index (χ0v) is 70.7. The number of methoxy groups -OCH3 is 2. The summed E-state index contributed by atoms with van der Waals surface area (Å²) in [7, 11) is 2.82. The second-order valence-corrected chi connectivity index (χ2v) is 31.9. The van der Waals surface area contributed by atoms with Crippen LogP contribution in [0.4, 0.5) is 0 Å². The van der Waals surface area contributed by atoms with Crippen LogP contribution in [0.15, 0.2) is 237 Å². The number of benzene rings is 8. The molecule has 0 spiro atoms. The van der Waals surface area contributed by atoms with Gasteiger partial charge in [0.25, 0.3) is 0 Å². The van der Waals surface area contributed by atoms with E-state index in [9.17, 15) is 9.59 Å². The largest absolute Gasteiger partial charge is 1.00 e. The van der Waals surface area contributed by atoms with Crippen molar-refractivity contribution in [1.29, 1.82) is 0 Å². The van der Waals surface area contributed by atoms with E-state index in [1.807, 2.05) is 19.9 Å². The topological polar surface area (TPSA) is 61.8 Å². The average molecular weight is 1430 g/mol. The van der Waals surface area contributed by atoms with Gasteiger partial charge in [0, 0.05) is 24.2 Å². The zero-order chi connectivity index (χ0) is 76.9. The summed E-state index contributed by atoms with van der Waals surface area (Å²) >= 11 is 0. The first-order valence-electron chi connectivity index (χ1n) is 37.8. The Morgan fingerprint density at radius 1 is 0.505 bits per heavy atom. The van der Waals surface area contributed by atoms with E-state index in [0.717, 1.165) is 51.7 Å². The second kappa shape index (κ2) is 52.0. The number of esters is 2. The maximum absolute atomic E-state index is 12.9. The minimum absolute atomic E-state index is 0. The minimum atomic E-state index is -0.644. The van der Waals surface area contributed by atoms with Gasteiger partial charge in [0.1, 0.15) is 0 Å². The molecule has 2 unspecified atom stereocenters. The van der Waals surface area contributed by atoms with Crippen molar-refractivity contribution in [3.8, 4) is 0 Å². The van der Waals surface area contributed by atoms with Crippen molar-refractivity contribution in [1.82, 2.24) is 0 Å². The maximum atomic E-state index is 12.9. The van der Waals surface area contributed by atoms with Crippen LogP contribution in [0.25, 0.3) is 6.08 Å². The molecule has 0 N–H and O–H groups in total. The Balaban J connectivity index is 0. The van der Waals surface area contributed by atoms with Gasteiger partial charge in [-0.3, -0.25) is 4.79 Å². The molecule has 0 aromatic heterocycles.